The Morgan fingerprint density at radius 2 is 1.86 bits per heavy atom. The van der Waals surface area contributed by atoms with Crippen molar-refractivity contribution in [1.29, 1.82) is 0 Å². The summed E-state index contributed by atoms with van der Waals surface area (Å²) >= 11 is 1.55. The minimum atomic E-state index is -0.170. The summed E-state index contributed by atoms with van der Waals surface area (Å²) in [6.45, 7) is 0.324. The first-order valence-electron chi connectivity index (χ1n) is 8.84. The van der Waals surface area contributed by atoms with E-state index in [2.05, 4.69) is 15.3 Å². The average Bonchev–Trinajstić information content (AvgIpc) is 3.16. The number of carbonyl (C=O) groups excluding carboxylic acids is 1. The lowest BCUT2D eigenvalue weighted by Gasteiger charge is -2.11. The van der Waals surface area contributed by atoms with Gasteiger partial charge in [-0.2, -0.15) is 0 Å². The van der Waals surface area contributed by atoms with E-state index in [-0.39, 0.29) is 5.91 Å². The van der Waals surface area contributed by atoms with Gasteiger partial charge < -0.3 is 15.0 Å². The van der Waals surface area contributed by atoms with Gasteiger partial charge >= 0.3 is 0 Å². The summed E-state index contributed by atoms with van der Waals surface area (Å²) in [6.07, 6.45) is 1.97. The normalized spacial score (nSPS) is 10.8. The summed E-state index contributed by atoms with van der Waals surface area (Å²) in [5.41, 5.74) is 3.90. The lowest BCUT2D eigenvalue weighted by atomic mass is 10.1. The van der Waals surface area contributed by atoms with Crippen molar-refractivity contribution in [3.63, 3.8) is 0 Å². The molecule has 0 aliphatic carbocycles. The number of fused-ring (bicyclic) bond motifs is 1. The number of benzene rings is 3. The zero-order chi connectivity index (χ0) is 19.3. The standard InChI is InChI=1S/C22H19N3O2S/c1-28-22-24-19-12-11-16(13-20(19)25-22)23-21(26)18-10-6-5-7-15(18)14-27-17-8-3-2-4-9-17/h2-13H,14H2,1H3,(H,23,26)(H,24,25). The molecule has 0 atom stereocenters. The molecule has 0 spiro atoms. The highest BCUT2D eigenvalue weighted by Crippen LogP contribution is 2.22. The van der Waals surface area contributed by atoms with Crippen LogP contribution in [0.4, 0.5) is 5.69 Å². The van der Waals surface area contributed by atoms with Crippen LogP contribution in [0.3, 0.4) is 0 Å². The van der Waals surface area contributed by atoms with E-state index in [0.29, 0.717) is 17.9 Å². The molecule has 6 heteroatoms. The van der Waals surface area contributed by atoms with Crippen molar-refractivity contribution in [3.05, 3.63) is 83.9 Å². The second-order valence-corrected chi connectivity index (χ2v) is 6.99. The molecule has 140 valence electrons. The number of para-hydroxylation sites is 1. The smallest absolute Gasteiger partial charge is 0.256 e. The lowest BCUT2D eigenvalue weighted by molar-refractivity contribution is 0.102. The van der Waals surface area contributed by atoms with Gasteiger partial charge in [-0.25, -0.2) is 4.98 Å². The van der Waals surface area contributed by atoms with Crippen molar-refractivity contribution in [1.82, 2.24) is 9.97 Å². The van der Waals surface area contributed by atoms with E-state index in [1.165, 1.54) is 0 Å². The van der Waals surface area contributed by atoms with Gasteiger partial charge in [-0.05, 0) is 42.7 Å². The van der Waals surface area contributed by atoms with Crippen LogP contribution >= 0.6 is 11.8 Å². The number of hydrogen-bond donors (Lipinski definition) is 2. The molecule has 0 radical (unpaired) electrons. The van der Waals surface area contributed by atoms with Crippen LogP contribution in [0.1, 0.15) is 15.9 Å². The molecule has 5 nitrogen and oxygen atoms in total. The molecule has 1 heterocycles. The molecule has 4 aromatic rings. The van der Waals surface area contributed by atoms with Gasteiger partial charge in [0.25, 0.3) is 5.91 Å². The molecular formula is C22H19N3O2S. The molecule has 1 aromatic heterocycles. The first kappa shape index (κ1) is 18.1. The molecule has 0 fully saturated rings. The Hall–Kier alpha value is -3.25. The number of carbonyl (C=O) groups is 1. The predicted molar refractivity (Wildman–Crippen MR) is 113 cm³/mol. The van der Waals surface area contributed by atoms with E-state index in [1.54, 1.807) is 17.8 Å². The third kappa shape index (κ3) is 4.02. The highest BCUT2D eigenvalue weighted by atomic mass is 32.2. The van der Waals surface area contributed by atoms with Gasteiger partial charge in [0, 0.05) is 16.8 Å². The minimum absolute atomic E-state index is 0.170. The molecular weight excluding hydrogens is 370 g/mol. The van der Waals surface area contributed by atoms with Crippen LogP contribution in [0.2, 0.25) is 0 Å². The van der Waals surface area contributed by atoms with Crippen LogP contribution in [-0.4, -0.2) is 22.1 Å². The first-order valence-corrected chi connectivity index (χ1v) is 10.1. The summed E-state index contributed by atoms with van der Waals surface area (Å²) < 4.78 is 5.81. The van der Waals surface area contributed by atoms with Crippen LogP contribution in [-0.2, 0) is 6.61 Å². The number of amides is 1. The van der Waals surface area contributed by atoms with Crippen LogP contribution in [0.25, 0.3) is 11.0 Å². The van der Waals surface area contributed by atoms with E-state index in [4.69, 9.17) is 4.74 Å². The molecule has 0 aliphatic heterocycles. The number of aromatic nitrogens is 2. The van der Waals surface area contributed by atoms with Gasteiger partial charge in [-0.1, -0.05) is 48.2 Å². The SMILES string of the molecule is CSc1nc2ccc(NC(=O)c3ccccc3COc3ccccc3)cc2[nH]1. The molecule has 2 N–H and O–H groups in total. The van der Waals surface area contributed by atoms with Gasteiger partial charge in [0.15, 0.2) is 5.16 Å². The number of rotatable bonds is 6. The van der Waals surface area contributed by atoms with Gasteiger partial charge in [-0.3, -0.25) is 4.79 Å². The van der Waals surface area contributed by atoms with Crippen molar-refractivity contribution in [3.8, 4) is 5.75 Å². The fourth-order valence-corrected chi connectivity index (χ4v) is 3.31. The molecule has 0 bridgehead atoms. The van der Waals surface area contributed by atoms with Crippen LogP contribution in [0.5, 0.6) is 5.75 Å². The Kier molecular flexibility index (Phi) is 5.30. The number of thioether (sulfide) groups is 1. The average molecular weight is 389 g/mol. The summed E-state index contributed by atoms with van der Waals surface area (Å²) in [4.78, 5) is 20.5. The number of nitrogens with zero attached hydrogens (tertiary/aromatic N) is 1. The van der Waals surface area contributed by atoms with Crippen molar-refractivity contribution >= 4 is 34.4 Å². The fraction of sp³-hybridized carbons (Fsp3) is 0.0909. The highest BCUT2D eigenvalue weighted by molar-refractivity contribution is 7.98. The Morgan fingerprint density at radius 1 is 1.07 bits per heavy atom. The number of nitrogens with one attached hydrogen (secondary N) is 2. The van der Waals surface area contributed by atoms with E-state index >= 15 is 0 Å². The third-order valence-electron chi connectivity index (χ3n) is 4.31. The first-order chi connectivity index (χ1) is 13.7. The molecule has 1 amide bonds. The Balaban J connectivity index is 1.51. The number of H-pyrrole nitrogens is 1. The third-order valence-corrected chi connectivity index (χ3v) is 4.89. The second kappa shape index (κ2) is 8.19. The second-order valence-electron chi connectivity index (χ2n) is 6.19. The Bertz CT molecular complexity index is 1110. The summed E-state index contributed by atoms with van der Waals surface area (Å²) in [7, 11) is 0. The summed E-state index contributed by atoms with van der Waals surface area (Å²) in [6, 6.07) is 22.7. The quantitative estimate of drug-likeness (QED) is 0.449. The van der Waals surface area contributed by atoms with E-state index in [1.807, 2.05) is 73.0 Å². The Labute approximate surface area is 167 Å². The predicted octanol–water partition coefficient (Wildman–Crippen LogP) is 5.12. The Morgan fingerprint density at radius 3 is 2.68 bits per heavy atom. The number of ether oxygens (including phenoxy) is 1. The number of hydrogen-bond acceptors (Lipinski definition) is 4. The van der Waals surface area contributed by atoms with Crippen molar-refractivity contribution in [2.45, 2.75) is 11.8 Å². The molecule has 0 saturated heterocycles. The number of aromatic amines is 1. The van der Waals surface area contributed by atoms with E-state index < -0.39 is 0 Å². The maximum Gasteiger partial charge on any atom is 0.256 e. The maximum atomic E-state index is 12.8. The highest BCUT2D eigenvalue weighted by Gasteiger charge is 2.12. The van der Waals surface area contributed by atoms with Crippen LogP contribution in [0.15, 0.2) is 78.0 Å². The maximum absolute atomic E-state index is 12.8. The van der Waals surface area contributed by atoms with Crippen molar-refractivity contribution in [2.24, 2.45) is 0 Å². The minimum Gasteiger partial charge on any atom is -0.489 e. The molecule has 4 rings (SSSR count). The van der Waals surface area contributed by atoms with Gasteiger partial charge in [0.05, 0.1) is 11.0 Å². The molecule has 0 saturated carbocycles. The fourth-order valence-electron chi connectivity index (χ4n) is 2.90. The van der Waals surface area contributed by atoms with Crippen LogP contribution in [0, 0.1) is 0 Å². The monoisotopic (exact) mass is 389 g/mol. The lowest BCUT2D eigenvalue weighted by Crippen LogP contribution is -2.15. The van der Waals surface area contributed by atoms with Crippen LogP contribution < -0.4 is 10.1 Å². The van der Waals surface area contributed by atoms with E-state index in [0.717, 1.165) is 27.5 Å². The number of anilines is 1. The largest absolute Gasteiger partial charge is 0.489 e. The molecule has 0 aliphatic rings. The zero-order valence-electron chi connectivity index (χ0n) is 15.3. The van der Waals surface area contributed by atoms with Crippen molar-refractivity contribution < 1.29 is 9.53 Å². The van der Waals surface area contributed by atoms with E-state index in [9.17, 15) is 4.79 Å². The van der Waals surface area contributed by atoms with Gasteiger partial charge in [0.1, 0.15) is 12.4 Å². The van der Waals surface area contributed by atoms with Gasteiger partial charge in [0.2, 0.25) is 0 Å². The molecule has 28 heavy (non-hydrogen) atoms. The molecule has 3 aromatic carbocycles. The van der Waals surface area contributed by atoms with Crippen molar-refractivity contribution in [2.75, 3.05) is 11.6 Å². The number of imidazole rings is 1. The zero-order valence-corrected chi connectivity index (χ0v) is 16.1. The summed E-state index contributed by atoms with van der Waals surface area (Å²) in [5, 5.41) is 3.82. The van der Waals surface area contributed by atoms with Gasteiger partial charge in [-0.15, -0.1) is 0 Å². The molecule has 0 unspecified atom stereocenters. The summed E-state index contributed by atoms with van der Waals surface area (Å²) in [5.74, 6) is 0.600. The topological polar surface area (TPSA) is 67.0 Å².